The molecule has 1 aliphatic rings. The standard InChI is InChI=1S/C24H29N3O4S/c1-7-25(8-2)19-9-11-20(12-10-19)26-15(3)13-18(16(26)4)14-21-22(28)27(24(30)32-21)17(5)23(29)31-6/h9-14,17H,7-8H2,1-6H3/b21-14+/t17-/m0/s1. The first-order valence-corrected chi connectivity index (χ1v) is 11.4. The quantitative estimate of drug-likeness (QED) is 0.451. The zero-order chi connectivity index (χ0) is 23.6. The Bertz CT molecular complexity index is 1070. The number of hydrogen-bond donors (Lipinski definition) is 0. The molecule has 1 aromatic heterocycles. The Morgan fingerprint density at radius 3 is 2.34 bits per heavy atom. The molecule has 0 N–H and O–H groups in total. The number of rotatable bonds is 7. The normalized spacial score (nSPS) is 16.1. The van der Waals surface area contributed by atoms with Crippen molar-refractivity contribution in [3.8, 4) is 5.69 Å². The summed E-state index contributed by atoms with van der Waals surface area (Å²) in [5, 5.41) is -0.472. The smallest absolute Gasteiger partial charge is 0.328 e. The molecule has 0 spiro atoms. The average molecular weight is 456 g/mol. The Labute approximate surface area is 193 Å². The van der Waals surface area contributed by atoms with Gasteiger partial charge in [-0.05, 0) is 88.4 Å². The first kappa shape index (κ1) is 23.7. The number of aryl methyl sites for hydroxylation is 1. The van der Waals surface area contributed by atoms with Gasteiger partial charge in [-0.1, -0.05) is 0 Å². The summed E-state index contributed by atoms with van der Waals surface area (Å²) in [6.45, 7) is 11.6. The zero-order valence-corrected chi connectivity index (χ0v) is 20.2. The Balaban J connectivity index is 1.91. The summed E-state index contributed by atoms with van der Waals surface area (Å²) in [5.74, 6) is -1.11. The van der Waals surface area contributed by atoms with E-state index in [2.05, 4.69) is 52.3 Å². The zero-order valence-electron chi connectivity index (χ0n) is 19.3. The van der Waals surface area contributed by atoms with Gasteiger partial charge in [0, 0.05) is 35.9 Å². The van der Waals surface area contributed by atoms with Crippen molar-refractivity contribution in [2.24, 2.45) is 0 Å². The molecule has 1 aromatic carbocycles. The predicted molar refractivity (Wildman–Crippen MR) is 128 cm³/mol. The number of anilines is 1. The number of carbonyl (C=O) groups excluding carboxylic acids is 3. The van der Waals surface area contributed by atoms with Crippen LogP contribution >= 0.6 is 11.8 Å². The van der Waals surface area contributed by atoms with Crippen LogP contribution in [0.25, 0.3) is 11.8 Å². The monoisotopic (exact) mass is 455 g/mol. The third kappa shape index (κ3) is 4.32. The highest BCUT2D eigenvalue weighted by atomic mass is 32.2. The highest BCUT2D eigenvalue weighted by Crippen LogP contribution is 2.35. The highest BCUT2D eigenvalue weighted by Gasteiger charge is 2.41. The van der Waals surface area contributed by atoms with Gasteiger partial charge < -0.3 is 14.2 Å². The number of methoxy groups -OCH3 is 1. The molecule has 8 heteroatoms. The molecule has 0 radical (unpaired) electrons. The van der Waals surface area contributed by atoms with Crippen molar-refractivity contribution in [3.63, 3.8) is 0 Å². The Kier molecular flexibility index (Phi) is 7.13. The van der Waals surface area contributed by atoms with Gasteiger partial charge in [-0.15, -0.1) is 0 Å². The molecule has 0 bridgehead atoms. The van der Waals surface area contributed by atoms with Crippen molar-refractivity contribution in [2.75, 3.05) is 25.1 Å². The molecule has 2 amide bonds. The second-order valence-electron chi connectivity index (χ2n) is 7.60. The van der Waals surface area contributed by atoms with Crippen molar-refractivity contribution in [1.29, 1.82) is 0 Å². The lowest BCUT2D eigenvalue weighted by Gasteiger charge is -2.21. The van der Waals surface area contributed by atoms with Crippen LogP contribution in [0.1, 0.15) is 37.7 Å². The second kappa shape index (κ2) is 9.65. The maximum absolute atomic E-state index is 12.8. The molecule has 32 heavy (non-hydrogen) atoms. The van der Waals surface area contributed by atoms with Gasteiger partial charge in [0.25, 0.3) is 11.1 Å². The van der Waals surface area contributed by atoms with Gasteiger partial charge in [-0.25, -0.2) is 4.79 Å². The third-order valence-corrected chi connectivity index (χ3v) is 6.63. The number of esters is 1. The van der Waals surface area contributed by atoms with Gasteiger partial charge in [0.05, 0.1) is 12.0 Å². The Morgan fingerprint density at radius 1 is 1.16 bits per heavy atom. The van der Waals surface area contributed by atoms with Crippen molar-refractivity contribution in [3.05, 3.63) is 52.2 Å². The number of carbonyl (C=O) groups is 3. The molecule has 0 aliphatic carbocycles. The van der Waals surface area contributed by atoms with Gasteiger partial charge in [0.15, 0.2) is 0 Å². The molecular weight excluding hydrogens is 426 g/mol. The van der Waals surface area contributed by atoms with Crippen molar-refractivity contribution < 1.29 is 19.1 Å². The molecule has 2 aromatic rings. The topological polar surface area (TPSA) is 71.8 Å². The predicted octanol–water partition coefficient (Wildman–Crippen LogP) is 4.54. The van der Waals surface area contributed by atoms with Gasteiger partial charge in [-0.3, -0.25) is 14.5 Å². The summed E-state index contributed by atoms with van der Waals surface area (Å²) in [5.41, 5.74) is 5.04. The number of imide groups is 1. The van der Waals surface area contributed by atoms with Gasteiger partial charge >= 0.3 is 5.97 Å². The minimum Gasteiger partial charge on any atom is -0.467 e. The van der Waals surface area contributed by atoms with Gasteiger partial charge in [0.2, 0.25) is 0 Å². The van der Waals surface area contributed by atoms with Crippen LogP contribution in [0.3, 0.4) is 0 Å². The van der Waals surface area contributed by atoms with Gasteiger partial charge in [-0.2, -0.15) is 0 Å². The van der Waals surface area contributed by atoms with Crippen LogP contribution in [0.5, 0.6) is 0 Å². The molecule has 1 saturated heterocycles. The molecule has 0 unspecified atom stereocenters. The van der Waals surface area contributed by atoms with E-state index in [1.807, 2.05) is 19.9 Å². The van der Waals surface area contributed by atoms with E-state index in [-0.39, 0.29) is 0 Å². The molecule has 1 fully saturated rings. The molecule has 1 aliphatic heterocycles. The van der Waals surface area contributed by atoms with E-state index in [4.69, 9.17) is 0 Å². The molecule has 2 heterocycles. The minimum absolute atomic E-state index is 0.294. The van der Waals surface area contributed by atoms with E-state index in [1.54, 1.807) is 6.08 Å². The minimum atomic E-state index is -0.963. The van der Waals surface area contributed by atoms with Crippen LogP contribution in [0, 0.1) is 13.8 Å². The van der Waals surface area contributed by atoms with Crippen molar-refractivity contribution in [2.45, 2.75) is 40.7 Å². The van der Waals surface area contributed by atoms with Crippen LogP contribution < -0.4 is 4.90 Å². The third-order valence-electron chi connectivity index (χ3n) is 5.75. The fourth-order valence-electron chi connectivity index (χ4n) is 3.96. The van der Waals surface area contributed by atoms with E-state index < -0.39 is 23.2 Å². The fourth-order valence-corrected chi connectivity index (χ4v) is 4.86. The Morgan fingerprint density at radius 2 is 1.78 bits per heavy atom. The first-order chi connectivity index (χ1) is 15.2. The number of benzene rings is 1. The van der Waals surface area contributed by atoms with Crippen LogP contribution in [0.2, 0.25) is 0 Å². The first-order valence-electron chi connectivity index (χ1n) is 10.6. The van der Waals surface area contributed by atoms with Crippen molar-refractivity contribution >= 4 is 40.6 Å². The summed E-state index contributed by atoms with van der Waals surface area (Å²) >= 11 is 0.839. The Hall–Kier alpha value is -3.00. The number of hydrogen-bond acceptors (Lipinski definition) is 6. The van der Waals surface area contributed by atoms with Crippen molar-refractivity contribution in [1.82, 2.24) is 9.47 Å². The lowest BCUT2D eigenvalue weighted by molar-refractivity contribution is -0.148. The van der Waals surface area contributed by atoms with Crippen LogP contribution in [-0.2, 0) is 14.3 Å². The molecule has 3 rings (SSSR count). The second-order valence-corrected chi connectivity index (χ2v) is 8.59. The molecule has 7 nitrogen and oxygen atoms in total. The summed E-state index contributed by atoms with van der Waals surface area (Å²) in [6.07, 6.45) is 1.72. The number of thioether (sulfide) groups is 1. The number of amides is 2. The number of ether oxygens (including phenoxy) is 1. The molecule has 170 valence electrons. The van der Waals surface area contributed by atoms with E-state index in [0.29, 0.717) is 4.91 Å². The highest BCUT2D eigenvalue weighted by molar-refractivity contribution is 8.18. The van der Waals surface area contributed by atoms with E-state index in [9.17, 15) is 14.4 Å². The van der Waals surface area contributed by atoms with E-state index in [1.165, 1.54) is 19.7 Å². The van der Waals surface area contributed by atoms with Crippen LogP contribution in [0.4, 0.5) is 10.5 Å². The molecule has 0 saturated carbocycles. The number of aromatic nitrogens is 1. The van der Waals surface area contributed by atoms with E-state index >= 15 is 0 Å². The lowest BCUT2D eigenvalue weighted by Crippen LogP contribution is -2.42. The summed E-state index contributed by atoms with van der Waals surface area (Å²) in [6, 6.07) is 9.43. The van der Waals surface area contributed by atoms with E-state index in [0.717, 1.165) is 52.4 Å². The van der Waals surface area contributed by atoms with Gasteiger partial charge in [0.1, 0.15) is 6.04 Å². The SMILES string of the molecule is CCN(CC)c1ccc(-n2c(C)cc(/C=C3/SC(=O)N([C@@H](C)C(=O)OC)C3=O)c2C)cc1. The van der Waals surface area contributed by atoms with Crippen LogP contribution in [0.15, 0.2) is 35.2 Å². The maximum atomic E-state index is 12.8. The average Bonchev–Trinajstić information content (AvgIpc) is 3.22. The summed E-state index contributed by atoms with van der Waals surface area (Å²) < 4.78 is 6.80. The fraction of sp³-hybridized carbons (Fsp3) is 0.375. The number of nitrogens with zero attached hydrogens (tertiary/aromatic N) is 3. The molecular formula is C24H29N3O4S. The summed E-state index contributed by atoms with van der Waals surface area (Å²) in [7, 11) is 1.23. The molecule has 1 atom stereocenters. The van der Waals surface area contributed by atoms with Crippen LogP contribution in [-0.4, -0.2) is 52.8 Å². The maximum Gasteiger partial charge on any atom is 0.328 e. The lowest BCUT2D eigenvalue weighted by atomic mass is 10.2. The summed E-state index contributed by atoms with van der Waals surface area (Å²) in [4.78, 5) is 40.5. The largest absolute Gasteiger partial charge is 0.467 e.